The summed E-state index contributed by atoms with van der Waals surface area (Å²) in [6, 6.07) is 4.84. The maximum atomic E-state index is 12.8. The number of ether oxygens (including phenoxy) is 1. The molecule has 10 heteroatoms. The first-order valence-corrected chi connectivity index (χ1v) is 10.1. The van der Waals surface area contributed by atoms with E-state index in [1.165, 1.54) is 12.3 Å². The van der Waals surface area contributed by atoms with Gasteiger partial charge in [-0.2, -0.15) is 23.0 Å². The van der Waals surface area contributed by atoms with Gasteiger partial charge in [-0.25, -0.2) is 4.79 Å². The number of aliphatic hydroxyl groups is 2. The van der Waals surface area contributed by atoms with Gasteiger partial charge >= 0.3 is 12.2 Å². The lowest BCUT2D eigenvalue weighted by atomic mass is 10.0. The fourth-order valence-electron chi connectivity index (χ4n) is 4.56. The van der Waals surface area contributed by atoms with Crippen molar-refractivity contribution in [1.29, 1.82) is 0 Å². The highest BCUT2D eigenvalue weighted by atomic mass is 19.4. The SMILES string of the molecule is Cc1cn(C(=O)N2C[C@H]3CC(OCc4cccc(C(F)(F)F)c4)C[C@H]3C2)nc1C(O)O. The molecule has 0 spiro atoms. The Bertz CT molecular complexity index is 946. The fraction of sp³-hybridized carbons (Fsp3) is 0.524. The Morgan fingerprint density at radius 1 is 1.26 bits per heavy atom. The number of carbonyl (C=O) groups is 1. The topological polar surface area (TPSA) is 87.8 Å². The van der Waals surface area contributed by atoms with E-state index in [4.69, 9.17) is 4.74 Å². The van der Waals surface area contributed by atoms with Crippen molar-refractivity contribution in [2.75, 3.05) is 13.1 Å². The summed E-state index contributed by atoms with van der Waals surface area (Å²) in [6.45, 7) is 2.86. The minimum atomic E-state index is -4.38. The number of rotatable bonds is 4. The molecule has 0 bridgehead atoms. The molecular formula is C21H24F3N3O4. The minimum absolute atomic E-state index is 0.0510. The lowest BCUT2D eigenvalue weighted by Crippen LogP contribution is -2.34. The number of hydrogen-bond acceptors (Lipinski definition) is 5. The van der Waals surface area contributed by atoms with Crippen LogP contribution in [0.25, 0.3) is 0 Å². The first-order valence-electron chi connectivity index (χ1n) is 10.1. The Labute approximate surface area is 177 Å². The minimum Gasteiger partial charge on any atom is -0.374 e. The number of halogens is 3. The second-order valence-corrected chi connectivity index (χ2v) is 8.33. The maximum absolute atomic E-state index is 12.8. The van der Waals surface area contributed by atoms with Crippen LogP contribution in [0.15, 0.2) is 30.5 Å². The molecule has 1 aliphatic heterocycles. The standard InChI is InChI=1S/C21H24F3N3O4/c1-12-8-27(25-18(12)19(28)29)20(30)26-9-14-6-17(7-15(14)10-26)31-11-13-3-2-4-16(5-13)21(22,23)24/h2-5,8,14-15,17,19,28-29H,6-7,9-11H2,1H3/t14-,15+,17?. The van der Waals surface area contributed by atoms with E-state index in [2.05, 4.69) is 5.10 Å². The third-order valence-corrected chi connectivity index (χ3v) is 6.09. The van der Waals surface area contributed by atoms with Gasteiger partial charge in [-0.15, -0.1) is 0 Å². The van der Waals surface area contributed by atoms with E-state index >= 15 is 0 Å². The number of carbonyl (C=O) groups excluding carboxylic acids is 1. The molecule has 2 heterocycles. The van der Waals surface area contributed by atoms with Crippen LogP contribution in [-0.4, -0.2) is 50.1 Å². The van der Waals surface area contributed by atoms with Crippen molar-refractivity contribution in [2.45, 2.75) is 44.9 Å². The number of amides is 1. The van der Waals surface area contributed by atoms with Crippen LogP contribution in [-0.2, 0) is 17.5 Å². The van der Waals surface area contributed by atoms with Gasteiger partial charge in [0.15, 0.2) is 6.29 Å². The first kappa shape index (κ1) is 21.8. The van der Waals surface area contributed by atoms with E-state index in [0.717, 1.165) is 29.7 Å². The van der Waals surface area contributed by atoms with Crippen LogP contribution >= 0.6 is 0 Å². The van der Waals surface area contributed by atoms with Crippen LogP contribution in [0.5, 0.6) is 0 Å². The zero-order valence-corrected chi connectivity index (χ0v) is 16.9. The average Bonchev–Trinajstić information content (AvgIpc) is 3.38. The molecule has 3 atom stereocenters. The molecule has 0 radical (unpaired) electrons. The number of fused-ring (bicyclic) bond motifs is 1. The van der Waals surface area contributed by atoms with Gasteiger partial charge in [-0.1, -0.05) is 12.1 Å². The van der Waals surface area contributed by atoms with Gasteiger partial charge in [0, 0.05) is 19.3 Å². The molecule has 1 saturated heterocycles. The summed E-state index contributed by atoms with van der Waals surface area (Å²) in [4.78, 5) is 14.4. The van der Waals surface area contributed by atoms with Gasteiger partial charge in [0.05, 0.1) is 18.3 Å². The predicted molar refractivity (Wildman–Crippen MR) is 103 cm³/mol. The Hall–Kier alpha value is -2.43. The molecule has 1 aromatic heterocycles. The number of aliphatic hydroxyl groups excluding tert-OH is 1. The summed E-state index contributed by atoms with van der Waals surface area (Å²) in [6.07, 6.45) is -3.20. The van der Waals surface area contributed by atoms with Gasteiger partial charge in [0.1, 0.15) is 5.69 Å². The van der Waals surface area contributed by atoms with E-state index < -0.39 is 18.0 Å². The van der Waals surface area contributed by atoms with Crippen LogP contribution in [0.1, 0.15) is 41.5 Å². The molecule has 2 N–H and O–H groups in total. The Kier molecular flexibility index (Phi) is 5.80. The molecule has 1 unspecified atom stereocenters. The van der Waals surface area contributed by atoms with Gasteiger partial charge in [-0.05, 0) is 54.9 Å². The first-order chi connectivity index (χ1) is 14.6. The summed E-state index contributed by atoms with van der Waals surface area (Å²) in [5.74, 6) is 0.519. The molecule has 4 rings (SSSR count). The van der Waals surface area contributed by atoms with Gasteiger partial charge in [0.2, 0.25) is 0 Å². The van der Waals surface area contributed by atoms with E-state index in [9.17, 15) is 28.2 Å². The van der Waals surface area contributed by atoms with E-state index in [1.54, 1.807) is 17.9 Å². The van der Waals surface area contributed by atoms with Gasteiger partial charge < -0.3 is 19.8 Å². The van der Waals surface area contributed by atoms with Crippen LogP contribution < -0.4 is 0 Å². The molecule has 7 nitrogen and oxygen atoms in total. The highest BCUT2D eigenvalue weighted by Crippen LogP contribution is 2.40. The summed E-state index contributed by atoms with van der Waals surface area (Å²) in [7, 11) is 0. The Morgan fingerprint density at radius 2 is 1.94 bits per heavy atom. The highest BCUT2D eigenvalue weighted by Gasteiger charge is 2.43. The van der Waals surface area contributed by atoms with Crippen molar-refractivity contribution in [2.24, 2.45) is 11.8 Å². The number of benzene rings is 1. The monoisotopic (exact) mass is 439 g/mol. The van der Waals surface area contributed by atoms with Gasteiger partial charge in [0.25, 0.3) is 0 Å². The number of aromatic nitrogens is 2. The number of aryl methyl sites for hydroxylation is 1. The molecule has 168 valence electrons. The van der Waals surface area contributed by atoms with E-state index in [0.29, 0.717) is 24.2 Å². The molecule has 1 aliphatic carbocycles. The second kappa shape index (κ2) is 8.25. The summed E-state index contributed by atoms with van der Waals surface area (Å²) in [5, 5.41) is 22.6. The summed E-state index contributed by atoms with van der Waals surface area (Å²) in [5.41, 5.74) is 0.373. The number of likely N-dealkylation sites (tertiary alicyclic amines) is 1. The van der Waals surface area contributed by atoms with E-state index in [-0.39, 0.29) is 36.3 Å². The highest BCUT2D eigenvalue weighted by molar-refractivity contribution is 5.76. The lowest BCUT2D eigenvalue weighted by molar-refractivity contribution is -0.137. The van der Waals surface area contributed by atoms with Crippen molar-refractivity contribution >= 4 is 6.03 Å². The molecule has 1 aromatic carbocycles. The van der Waals surface area contributed by atoms with Crippen LogP contribution in [0.4, 0.5) is 18.0 Å². The lowest BCUT2D eigenvalue weighted by Gasteiger charge is -2.19. The van der Waals surface area contributed by atoms with E-state index in [1.807, 2.05) is 0 Å². The van der Waals surface area contributed by atoms with Crippen molar-refractivity contribution in [3.05, 3.63) is 52.8 Å². The quantitative estimate of drug-likeness (QED) is 0.715. The average molecular weight is 439 g/mol. The molecule has 1 amide bonds. The molecule has 1 saturated carbocycles. The number of hydrogen-bond donors (Lipinski definition) is 2. The third kappa shape index (κ3) is 4.60. The number of alkyl halides is 3. The Balaban J connectivity index is 1.30. The van der Waals surface area contributed by atoms with Crippen molar-refractivity contribution in [1.82, 2.24) is 14.7 Å². The summed E-state index contributed by atoms with van der Waals surface area (Å²) < 4.78 is 45.6. The smallest absolute Gasteiger partial charge is 0.374 e. The van der Waals surface area contributed by atoms with Crippen molar-refractivity contribution in [3.63, 3.8) is 0 Å². The normalized spacial score (nSPS) is 23.6. The van der Waals surface area contributed by atoms with Crippen LogP contribution in [0.2, 0.25) is 0 Å². The molecule has 2 aliphatic rings. The zero-order chi connectivity index (χ0) is 22.3. The zero-order valence-electron chi connectivity index (χ0n) is 16.9. The van der Waals surface area contributed by atoms with Crippen LogP contribution in [0.3, 0.4) is 0 Å². The van der Waals surface area contributed by atoms with Crippen molar-refractivity contribution < 1.29 is 32.9 Å². The Morgan fingerprint density at radius 3 is 2.52 bits per heavy atom. The number of nitrogens with zero attached hydrogens (tertiary/aromatic N) is 3. The molecule has 2 aromatic rings. The third-order valence-electron chi connectivity index (χ3n) is 6.09. The molecule has 31 heavy (non-hydrogen) atoms. The van der Waals surface area contributed by atoms with Gasteiger partial charge in [-0.3, -0.25) is 0 Å². The fourth-order valence-corrected chi connectivity index (χ4v) is 4.56. The molecule has 2 fully saturated rings. The van der Waals surface area contributed by atoms with Crippen molar-refractivity contribution in [3.8, 4) is 0 Å². The molecular weight excluding hydrogens is 415 g/mol. The second-order valence-electron chi connectivity index (χ2n) is 8.33. The largest absolute Gasteiger partial charge is 0.416 e. The summed E-state index contributed by atoms with van der Waals surface area (Å²) >= 11 is 0. The van der Waals surface area contributed by atoms with Crippen LogP contribution in [0, 0.1) is 18.8 Å². The maximum Gasteiger partial charge on any atom is 0.416 e. The predicted octanol–water partition coefficient (Wildman–Crippen LogP) is 3.09.